The van der Waals surface area contributed by atoms with Crippen molar-refractivity contribution in [2.75, 3.05) is 0 Å². The molecular formula is C14H11N3O3. The van der Waals surface area contributed by atoms with E-state index in [1.54, 1.807) is 0 Å². The SMILES string of the molecule is CC1=Nc2ccccc2/C1=C/c1c(O)[nH]c(=O)[nH]c1=O. The van der Waals surface area contributed by atoms with Gasteiger partial charge >= 0.3 is 5.69 Å². The maximum absolute atomic E-state index is 11.7. The van der Waals surface area contributed by atoms with Crippen molar-refractivity contribution in [3.8, 4) is 5.88 Å². The molecule has 0 saturated carbocycles. The van der Waals surface area contributed by atoms with Crippen LogP contribution in [0.5, 0.6) is 5.88 Å². The molecule has 1 aliphatic rings. The van der Waals surface area contributed by atoms with Crippen molar-refractivity contribution in [2.24, 2.45) is 4.99 Å². The minimum absolute atomic E-state index is 0.00542. The maximum Gasteiger partial charge on any atom is 0.328 e. The molecule has 2 aromatic rings. The number of aromatic nitrogens is 2. The Morgan fingerprint density at radius 2 is 1.95 bits per heavy atom. The van der Waals surface area contributed by atoms with Gasteiger partial charge in [0.1, 0.15) is 5.56 Å². The molecule has 0 fully saturated rings. The van der Waals surface area contributed by atoms with Crippen molar-refractivity contribution in [1.82, 2.24) is 9.97 Å². The summed E-state index contributed by atoms with van der Waals surface area (Å²) in [7, 11) is 0. The molecule has 0 unspecified atom stereocenters. The second-order valence-corrected chi connectivity index (χ2v) is 4.44. The third-order valence-corrected chi connectivity index (χ3v) is 3.12. The number of H-pyrrole nitrogens is 2. The highest BCUT2D eigenvalue weighted by atomic mass is 16.3. The first-order valence-electron chi connectivity index (χ1n) is 5.98. The fraction of sp³-hybridized carbons (Fsp3) is 0.0714. The van der Waals surface area contributed by atoms with Crippen LogP contribution in [-0.4, -0.2) is 20.8 Å². The predicted molar refractivity (Wildman–Crippen MR) is 76.4 cm³/mol. The second kappa shape index (κ2) is 4.34. The minimum atomic E-state index is -0.744. The van der Waals surface area contributed by atoms with Gasteiger partial charge in [0, 0.05) is 16.8 Å². The van der Waals surface area contributed by atoms with E-state index in [1.807, 2.05) is 31.2 Å². The Kier molecular flexibility index (Phi) is 2.64. The van der Waals surface area contributed by atoms with Crippen molar-refractivity contribution < 1.29 is 5.11 Å². The molecule has 100 valence electrons. The molecule has 0 radical (unpaired) electrons. The van der Waals surface area contributed by atoms with Gasteiger partial charge in [-0.3, -0.25) is 19.8 Å². The number of fused-ring (bicyclic) bond motifs is 1. The fourth-order valence-electron chi connectivity index (χ4n) is 2.18. The lowest BCUT2D eigenvalue weighted by molar-refractivity contribution is 0.447. The number of nitrogens with one attached hydrogen (secondary N) is 2. The Balaban J connectivity index is 2.23. The lowest BCUT2D eigenvalue weighted by Crippen LogP contribution is -2.23. The van der Waals surface area contributed by atoms with Crippen molar-refractivity contribution in [3.63, 3.8) is 0 Å². The van der Waals surface area contributed by atoms with Gasteiger partial charge in [-0.1, -0.05) is 18.2 Å². The number of rotatable bonds is 1. The second-order valence-electron chi connectivity index (χ2n) is 4.44. The van der Waals surface area contributed by atoms with Crippen molar-refractivity contribution >= 4 is 23.0 Å². The highest BCUT2D eigenvalue weighted by Crippen LogP contribution is 2.35. The molecule has 0 saturated heterocycles. The van der Waals surface area contributed by atoms with E-state index in [0.717, 1.165) is 22.5 Å². The number of aromatic amines is 2. The summed E-state index contributed by atoms with van der Waals surface area (Å²) < 4.78 is 0. The largest absolute Gasteiger partial charge is 0.494 e. The van der Waals surface area contributed by atoms with Gasteiger partial charge < -0.3 is 5.11 Å². The van der Waals surface area contributed by atoms with Gasteiger partial charge in [-0.2, -0.15) is 0 Å². The van der Waals surface area contributed by atoms with Crippen LogP contribution >= 0.6 is 0 Å². The number of para-hydroxylation sites is 1. The zero-order valence-corrected chi connectivity index (χ0v) is 10.6. The molecule has 0 spiro atoms. The van der Waals surface area contributed by atoms with Crippen LogP contribution < -0.4 is 11.2 Å². The van der Waals surface area contributed by atoms with E-state index in [1.165, 1.54) is 6.08 Å². The molecule has 3 N–H and O–H groups in total. The van der Waals surface area contributed by atoms with Gasteiger partial charge in [0.2, 0.25) is 5.88 Å². The van der Waals surface area contributed by atoms with Crippen molar-refractivity contribution in [1.29, 1.82) is 0 Å². The van der Waals surface area contributed by atoms with Crippen molar-refractivity contribution in [2.45, 2.75) is 6.92 Å². The summed E-state index contributed by atoms with van der Waals surface area (Å²) in [6.07, 6.45) is 1.52. The minimum Gasteiger partial charge on any atom is -0.494 e. The first kappa shape index (κ1) is 12.2. The highest BCUT2D eigenvalue weighted by Gasteiger charge is 2.18. The zero-order chi connectivity index (χ0) is 14.3. The van der Waals surface area contributed by atoms with E-state index in [0.29, 0.717) is 0 Å². The average Bonchev–Trinajstić information content (AvgIpc) is 2.69. The summed E-state index contributed by atoms with van der Waals surface area (Å²) in [4.78, 5) is 31.4. The van der Waals surface area contributed by atoms with Crippen LogP contribution in [0.4, 0.5) is 5.69 Å². The van der Waals surface area contributed by atoms with E-state index >= 15 is 0 Å². The molecule has 20 heavy (non-hydrogen) atoms. The summed E-state index contributed by atoms with van der Waals surface area (Å²) in [5.41, 5.74) is 1.81. The van der Waals surface area contributed by atoms with Gasteiger partial charge in [0.15, 0.2) is 0 Å². The van der Waals surface area contributed by atoms with Crippen LogP contribution in [0.1, 0.15) is 18.1 Å². The van der Waals surface area contributed by atoms with Crippen molar-refractivity contribution in [3.05, 3.63) is 56.2 Å². The third kappa shape index (κ3) is 1.87. The Hall–Kier alpha value is -2.89. The van der Waals surface area contributed by atoms with Gasteiger partial charge in [-0.15, -0.1) is 0 Å². The fourth-order valence-corrected chi connectivity index (χ4v) is 2.18. The smallest absolute Gasteiger partial charge is 0.328 e. The number of aliphatic imine (C=N–C) groups is 1. The summed E-state index contributed by atoms with van der Waals surface area (Å²) in [6.45, 7) is 1.82. The first-order chi connectivity index (χ1) is 9.56. The molecule has 6 nitrogen and oxygen atoms in total. The van der Waals surface area contributed by atoms with E-state index in [4.69, 9.17) is 0 Å². The summed E-state index contributed by atoms with van der Waals surface area (Å²) in [5, 5.41) is 9.71. The number of hydrogen-bond acceptors (Lipinski definition) is 4. The summed E-state index contributed by atoms with van der Waals surface area (Å²) in [5.74, 6) is -0.455. The lowest BCUT2D eigenvalue weighted by Gasteiger charge is -2.02. The zero-order valence-electron chi connectivity index (χ0n) is 10.6. The van der Waals surface area contributed by atoms with E-state index in [2.05, 4.69) is 15.0 Å². The van der Waals surface area contributed by atoms with Gasteiger partial charge in [-0.25, -0.2) is 4.79 Å². The van der Waals surface area contributed by atoms with Crippen LogP contribution in [-0.2, 0) is 0 Å². The molecule has 0 aliphatic carbocycles. The van der Waals surface area contributed by atoms with Crippen LogP contribution in [0.3, 0.4) is 0 Å². The first-order valence-corrected chi connectivity index (χ1v) is 5.98. The Morgan fingerprint density at radius 3 is 2.70 bits per heavy atom. The number of benzene rings is 1. The van der Waals surface area contributed by atoms with Crippen LogP contribution in [0.2, 0.25) is 0 Å². The normalized spacial score (nSPS) is 15.2. The lowest BCUT2D eigenvalue weighted by atomic mass is 10.0. The molecule has 1 aliphatic heterocycles. The molecule has 3 rings (SSSR count). The van der Waals surface area contributed by atoms with E-state index in [-0.39, 0.29) is 5.56 Å². The molecule has 0 bridgehead atoms. The van der Waals surface area contributed by atoms with Gasteiger partial charge in [-0.05, 0) is 19.1 Å². The summed E-state index contributed by atoms with van der Waals surface area (Å²) in [6, 6.07) is 7.51. The predicted octanol–water partition coefficient (Wildman–Crippen LogP) is 1.42. The number of hydrogen-bond donors (Lipinski definition) is 3. The maximum atomic E-state index is 11.7. The average molecular weight is 269 g/mol. The highest BCUT2D eigenvalue weighted by molar-refractivity contribution is 6.31. The molecule has 0 atom stereocenters. The molecular weight excluding hydrogens is 258 g/mol. The summed E-state index contributed by atoms with van der Waals surface area (Å²) >= 11 is 0. The Bertz CT molecular complexity index is 872. The number of allylic oxidation sites excluding steroid dienone is 1. The quantitative estimate of drug-likeness (QED) is 0.730. The van der Waals surface area contributed by atoms with Crippen LogP contribution in [0.25, 0.3) is 11.6 Å². The van der Waals surface area contributed by atoms with Gasteiger partial charge in [0.05, 0.1) is 5.69 Å². The number of nitrogens with zero attached hydrogens (tertiary/aromatic N) is 1. The molecule has 1 aromatic carbocycles. The van der Waals surface area contributed by atoms with Crippen LogP contribution in [0, 0.1) is 0 Å². The molecule has 0 amide bonds. The Morgan fingerprint density at radius 1 is 1.20 bits per heavy atom. The molecule has 1 aromatic heterocycles. The van der Waals surface area contributed by atoms with Gasteiger partial charge in [0.25, 0.3) is 5.56 Å². The van der Waals surface area contributed by atoms with Crippen LogP contribution in [0.15, 0.2) is 38.8 Å². The monoisotopic (exact) mass is 269 g/mol. The third-order valence-electron chi connectivity index (χ3n) is 3.12. The van der Waals surface area contributed by atoms with E-state index in [9.17, 15) is 14.7 Å². The molecule has 6 heteroatoms. The Labute approximate surface area is 113 Å². The standard InChI is InChI=1S/C14H11N3O3/c1-7-9(8-4-2-3-5-11(8)15-7)6-10-12(18)16-14(20)17-13(10)19/h2-6H,1H3,(H3,16,17,18,19,20)/b9-6+. The topological polar surface area (TPSA) is 98.3 Å². The molecule has 2 heterocycles. The number of aromatic hydroxyl groups is 1. The van der Waals surface area contributed by atoms with E-state index < -0.39 is 17.1 Å².